The van der Waals surface area contributed by atoms with Crippen molar-refractivity contribution in [2.45, 2.75) is 19.9 Å². The van der Waals surface area contributed by atoms with Crippen molar-refractivity contribution in [3.8, 4) is 0 Å². The molecule has 120 valence electrons. The van der Waals surface area contributed by atoms with E-state index >= 15 is 0 Å². The summed E-state index contributed by atoms with van der Waals surface area (Å²) >= 11 is 0. The van der Waals surface area contributed by atoms with E-state index in [1.165, 1.54) is 27.4 Å². The predicted octanol–water partition coefficient (Wildman–Crippen LogP) is 5.21. The Morgan fingerprint density at radius 3 is 2.58 bits per heavy atom. The van der Waals surface area contributed by atoms with Crippen molar-refractivity contribution >= 4 is 27.5 Å². The molecule has 24 heavy (non-hydrogen) atoms. The van der Waals surface area contributed by atoms with E-state index in [2.05, 4.69) is 90.4 Å². The lowest BCUT2D eigenvalue weighted by atomic mass is 10.1. The normalized spacial score (nSPS) is 12.6. The van der Waals surface area contributed by atoms with E-state index in [1.807, 2.05) is 6.20 Å². The highest BCUT2D eigenvalue weighted by atomic mass is 15.0. The van der Waals surface area contributed by atoms with E-state index in [1.54, 1.807) is 0 Å². The molecule has 4 rings (SSSR count). The summed E-state index contributed by atoms with van der Waals surface area (Å²) in [7, 11) is 2.11. The quantitative estimate of drug-likeness (QED) is 0.562. The van der Waals surface area contributed by atoms with Gasteiger partial charge in [-0.2, -0.15) is 0 Å². The Bertz CT molecular complexity index is 1020. The fourth-order valence-corrected chi connectivity index (χ4v) is 3.53. The Kier molecular flexibility index (Phi) is 3.49. The molecule has 0 aliphatic carbocycles. The van der Waals surface area contributed by atoms with Gasteiger partial charge in [-0.15, -0.1) is 0 Å². The topological polar surface area (TPSA) is 29.9 Å². The predicted molar refractivity (Wildman–Crippen MR) is 101 cm³/mol. The first kappa shape index (κ1) is 14.8. The lowest BCUT2D eigenvalue weighted by Gasteiger charge is -2.16. The summed E-state index contributed by atoms with van der Waals surface area (Å²) in [6.45, 7) is 4.26. The van der Waals surface area contributed by atoms with Crippen molar-refractivity contribution in [3.63, 3.8) is 0 Å². The molecule has 2 aromatic heterocycles. The van der Waals surface area contributed by atoms with Crippen molar-refractivity contribution < 1.29 is 0 Å². The Morgan fingerprint density at radius 1 is 1.00 bits per heavy atom. The first-order valence-corrected chi connectivity index (χ1v) is 8.30. The van der Waals surface area contributed by atoms with Gasteiger partial charge >= 0.3 is 0 Å². The Hall–Kier alpha value is -2.81. The molecule has 0 aliphatic rings. The number of benzene rings is 2. The SMILES string of the molecule is Cc1nccc2c3cc(NC(C)c4ccccc4)ccc3n(C)c12. The van der Waals surface area contributed by atoms with Crippen LogP contribution in [0.4, 0.5) is 5.69 Å². The zero-order valence-electron chi connectivity index (χ0n) is 14.2. The number of nitrogens with one attached hydrogen (secondary N) is 1. The third-order valence-electron chi connectivity index (χ3n) is 4.77. The Labute approximate surface area is 142 Å². The van der Waals surface area contributed by atoms with E-state index < -0.39 is 0 Å². The second-order valence-corrected chi connectivity index (χ2v) is 6.36. The summed E-state index contributed by atoms with van der Waals surface area (Å²) in [5.74, 6) is 0. The van der Waals surface area contributed by atoms with Crippen molar-refractivity contribution in [2.75, 3.05) is 5.32 Å². The molecule has 0 radical (unpaired) electrons. The van der Waals surface area contributed by atoms with Crippen LogP contribution in [-0.2, 0) is 7.05 Å². The molecular weight excluding hydrogens is 294 g/mol. The van der Waals surface area contributed by atoms with Gasteiger partial charge < -0.3 is 9.88 Å². The number of rotatable bonds is 3. The standard InChI is InChI=1S/C21H21N3/c1-14(16-7-5-4-6-8-16)23-17-9-10-20-19(13-17)18-11-12-22-15(2)21(18)24(20)3/h4-14,23H,1-3H3. The van der Waals surface area contributed by atoms with Gasteiger partial charge in [-0.1, -0.05) is 30.3 Å². The lowest BCUT2D eigenvalue weighted by Crippen LogP contribution is -2.06. The molecule has 2 aromatic carbocycles. The van der Waals surface area contributed by atoms with E-state index in [-0.39, 0.29) is 6.04 Å². The van der Waals surface area contributed by atoms with Crippen molar-refractivity contribution in [1.82, 2.24) is 9.55 Å². The molecule has 3 nitrogen and oxygen atoms in total. The van der Waals surface area contributed by atoms with Crippen molar-refractivity contribution in [1.29, 1.82) is 0 Å². The molecule has 2 heterocycles. The van der Waals surface area contributed by atoms with E-state index in [9.17, 15) is 0 Å². The maximum Gasteiger partial charge on any atom is 0.0704 e. The van der Waals surface area contributed by atoms with Gasteiger partial charge in [0.15, 0.2) is 0 Å². The van der Waals surface area contributed by atoms with Crippen molar-refractivity contribution in [3.05, 3.63) is 72.1 Å². The zero-order valence-corrected chi connectivity index (χ0v) is 14.2. The van der Waals surface area contributed by atoms with Gasteiger partial charge in [-0.05, 0) is 43.7 Å². The highest BCUT2D eigenvalue weighted by Crippen LogP contribution is 2.32. The number of nitrogens with zero attached hydrogens (tertiary/aromatic N) is 2. The zero-order chi connectivity index (χ0) is 16.7. The molecule has 0 amide bonds. The molecule has 0 bridgehead atoms. The average molecular weight is 315 g/mol. The number of fused-ring (bicyclic) bond motifs is 3. The van der Waals surface area contributed by atoms with E-state index in [0.717, 1.165) is 11.4 Å². The fourth-order valence-electron chi connectivity index (χ4n) is 3.53. The minimum absolute atomic E-state index is 0.266. The summed E-state index contributed by atoms with van der Waals surface area (Å²) in [4.78, 5) is 4.44. The second kappa shape index (κ2) is 5.68. The summed E-state index contributed by atoms with van der Waals surface area (Å²) in [5, 5.41) is 6.14. The van der Waals surface area contributed by atoms with Gasteiger partial charge in [-0.25, -0.2) is 0 Å². The Morgan fingerprint density at radius 2 is 1.79 bits per heavy atom. The number of aryl methyl sites for hydroxylation is 2. The maximum atomic E-state index is 4.44. The smallest absolute Gasteiger partial charge is 0.0704 e. The fraction of sp³-hybridized carbons (Fsp3) is 0.190. The van der Waals surface area contributed by atoms with Gasteiger partial charge in [0.05, 0.1) is 11.2 Å². The molecule has 1 unspecified atom stereocenters. The first-order chi connectivity index (χ1) is 11.6. The monoisotopic (exact) mass is 315 g/mol. The average Bonchev–Trinajstić information content (AvgIpc) is 2.89. The third-order valence-corrected chi connectivity index (χ3v) is 4.77. The molecule has 3 heteroatoms. The number of hydrogen-bond acceptors (Lipinski definition) is 2. The maximum absolute atomic E-state index is 4.44. The van der Waals surface area contributed by atoms with Gasteiger partial charge in [-0.3, -0.25) is 4.98 Å². The van der Waals surface area contributed by atoms with Crippen LogP contribution in [0.3, 0.4) is 0 Å². The highest BCUT2D eigenvalue weighted by Gasteiger charge is 2.12. The molecule has 1 atom stereocenters. The van der Waals surface area contributed by atoms with Gasteiger partial charge in [0.2, 0.25) is 0 Å². The van der Waals surface area contributed by atoms with Crippen molar-refractivity contribution in [2.24, 2.45) is 7.05 Å². The van der Waals surface area contributed by atoms with Crippen LogP contribution in [-0.4, -0.2) is 9.55 Å². The number of hydrogen-bond donors (Lipinski definition) is 1. The van der Waals surface area contributed by atoms with Crippen LogP contribution in [0.25, 0.3) is 21.8 Å². The summed E-state index contributed by atoms with van der Waals surface area (Å²) in [5.41, 5.74) is 5.94. The molecule has 0 saturated carbocycles. The number of aromatic nitrogens is 2. The van der Waals surface area contributed by atoms with E-state index in [0.29, 0.717) is 0 Å². The number of anilines is 1. The van der Waals surface area contributed by atoms with E-state index in [4.69, 9.17) is 0 Å². The summed E-state index contributed by atoms with van der Waals surface area (Å²) in [6, 6.07) is 19.5. The van der Waals surface area contributed by atoms with Crippen LogP contribution < -0.4 is 5.32 Å². The van der Waals surface area contributed by atoms with Gasteiger partial charge in [0.1, 0.15) is 0 Å². The van der Waals surface area contributed by atoms with Crippen LogP contribution in [0.15, 0.2) is 60.8 Å². The largest absolute Gasteiger partial charge is 0.379 e. The summed E-state index contributed by atoms with van der Waals surface area (Å²) in [6.07, 6.45) is 1.89. The van der Waals surface area contributed by atoms with Gasteiger partial charge in [0.25, 0.3) is 0 Å². The Balaban J connectivity index is 1.78. The molecule has 4 aromatic rings. The minimum Gasteiger partial charge on any atom is -0.379 e. The highest BCUT2D eigenvalue weighted by molar-refractivity contribution is 6.09. The molecule has 0 saturated heterocycles. The van der Waals surface area contributed by atoms with Crippen LogP contribution >= 0.6 is 0 Å². The van der Waals surface area contributed by atoms with Crippen LogP contribution in [0, 0.1) is 6.92 Å². The number of pyridine rings is 1. The summed E-state index contributed by atoms with van der Waals surface area (Å²) < 4.78 is 2.23. The molecule has 1 N–H and O–H groups in total. The first-order valence-electron chi connectivity index (χ1n) is 8.30. The van der Waals surface area contributed by atoms with Gasteiger partial charge in [0, 0.05) is 41.3 Å². The molecule has 0 fully saturated rings. The second-order valence-electron chi connectivity index (χ2n) is 6.36. The molecule has 0 spiro atoms. The lowest BCUT2D eigenvalue weighted by molar-refractivity contribution is 0.885. The molecule has 0 aliphatic heterocycles. The van der Waals surface area contributed by atoms with Crippen LogP contribution in [0.1, 0.15) is 24.2 Å². The third kappa shape index (κ3) is 2.33. The van der Waals surface area contributed by atoms with Crippen LogP contribution in [0.5, 0.6) is 0 Å². The molecular formula is C21H21N3. The minimum atomic E-state index is 0.266. The van der Waals surface area contributed by atoms with Crippen LogP contribution in [0.2, 0.25) is 0 Å².